The highest BCUT2D eigenvalue weighted by molar-refractivity contribution is 5.30. The summed E-state index contributed by atoms with van der Waals surface area (Å²) < 4.78 is 5.53. The van der Waals surface area contributed by atoms with Gasteiger partial charge in [-0.05, 0) is 26.8 Å². The zero-order valence-corrected chi connectivity index (χ0v) is 10.9. The SMILES string of the molecule is CC(C)Oc1ccnc(NCC2=CCNCC2)n1. The third-order valence-corrected chi connectivity index (χ3v) is 2.62. The topological polar surface area (TPSA) is 59.1 Å². The molecule has 0 unspecified atom stereocenters. The Balaban J connectivity index is 1.90. The zero-order valence-electron chi connectivity index (χ0n) is 10.9. The number of hydrogen-bond donors (Lipinski definition) is 2. The first-order chi connectivity index (χ1) is 8.74. The second kappa shape index (κ2) is 6.35. The van der Waals surface area contributed by atoms with Crippen LogP contribution in [-0.4, -0.2) is 35.7 Å². The van der Waals surface area contributed by atoms with Crippen LogP contribution in [0, 0.1) is 0 Å². The molecule has 2 rings (SSSR count). The first kappa shape index (κ1) is 12.8. The van der Waals surface area contributed by atoms with Crippen molar-refractivity contribution < 1.29 is 4.74 Å². The summed E-state index contributed by atoms with van der Waals surface area (Å²) in [5.41, 5.74) is 1.40. The van der Waals surface area contributed by atoms with Crippen LogP contribution < -0.4 is 15.4 Å². The Bertz CT molecular complexity index is 417. The highest BCUT2D eigenvalue weighted by atomic mass is 16.5. The minimum absolute atomic E-state index is 0.125. The standard InChI is InChI=1S/C13H20N4O/c1-10(2)18-12-5-8-15-13(17-12)16-9-11-3-6-14-7-4-11/h3,5,8,10,14H,4,6-7,9H2,1-2H3,(H,15,16,17). The molecule has 5 nitrogen and oxygen atoms in total. The van der Waals surface area contributed by atoms with E-state index in [-0.39, 0.29) is 6.10 Å². The summed E-state index contributed by atoms with van der Waals surface area (Å²) in [5, 5.41) is 6.52. The van der Waals surface area contributed by atoms with E-state index in [1.807, 2.05) is 13.8 Å². The molecule has 0 aromatic carbocycles. The van der Waals surface area contributed by atoms with Crippen molar-refractivity contribution in [2.24, 2.45) is 0 Å². The molecule has 2 N–H and O–H groups in total. The minimum atomic E-state index is 0.125. The molecule has 0 saturated carbocycles. The molecule has 98 valence electrons. The van der Waals surface area contributed by atoms with Gasteiger partial charge in [0.15, 0.2) is 0 Å². The number of nitrogens with zero attached hydrogens (tertiary/aromatic N) is 2. The van der Waals surface area contributed by atoms with Crippen LogP contribution in [0.25, 0.3) is 0 Å². The van der Waals surface area contributed by atoms with Crippen LogP contribution >= 0.6 is 0 Å². The lowest BCUT2D eigenvalue weighted by Crippen LogP contribution is -2.23. The van der Waals surface area contributed by atoms with E-state index in [1.165, 1.54) is 5.57 Å². The maximum Gasteiger partial charge on any atom is 0.226 e. The van der Waals surface area contributed by atoms with Crippen molar-refractivity contribution in [3.8, 4) is 5.88 Å². The Hall–Kier alpha value is -1.62. The summed E-state index contributed by atoms with van der Waals surface area (Å²) >= 11 is 0. The van der Waals surface area contributed by atoms with Crippen LogP contribution in [0.15, 0.2) is 23.9 Å². The quantitative estimate of drug-likeness (QED) is 0.775. The van der Waals surface area contributed by atoms with Gasteiger partial charge in [-0.3, -0.25) is 0 Å². The summed E-state index contributed by atoms with van der Waals surface area (Å²) in [6, 6.07) is 1.77. The molecule has 1 aromatic heterocycles. The first-order valence-electron chi connectivity index (χ1n) is 6.36. The van der Waals surface area contributed by atoms with E-state index in [0.29, 0.717) is 11.8 Å². The predicted molar refractivity (Wildman–Crippen MR) is 71.9 cm³/mol. The average molecular weight is 248 g/mol. The lowest BCUT2D eigenvalue weighted by Gasteiger charge is -2.15. The Kier molecular flexibility index (Phi) is 4.52. The Morgan fingerprint density at radius 2 is 2.39 bits per heavy atom. The predicted octanol–water partition coefficient (Wildman–Crippen LogP) is 1.60. The van der Waals surface area contributed by atoms with Crippen molar-refractivity contribution in [3.63, 3.8) is 0 Å². The van der Waals surface area contributed by atoms with Crippen LogP contribution in [0.3, 0.4) is 0 Å². The molecule has 0 spiro atoms. The number of aromatic nitrogens is 2. The zero-order chi connectivity index (χ0) is 12.8. The van der Waals surface area contributed by atoms with Crippen LogP contribution in [0.4, 0.5) is 5.95 Å². The summed E-state index contributed by atoms with van der Waals surface area (Å²) in [7, 11) is 0. The second-order valence-corrected chi connectivity index (χ2v) is 4.56. The molecule has 0 aliphatic carbocycles. The van der Waals surface area contributed by atoms with Gasteiger partial charge < -0.3 is 15.4 Å². The lowest BCUT2D eigenvalue weighted by molar-refractivity contribution is 0.232. The van der Waals surface area contributed by atoms with Crippen LogP contribution in [0.2, 0.25) is 0 Å². The fraction of sp³-hybridized carbons (Fsp3) is 0.538. The molecule has 0 atom stereocenters. The molecule has 1 aliphatic heterocycles. The van der Waals surface area contributed by atoms with Gasteiger partial charge in [0.05, 0.1) is 6.10 Å². The minimum Gasteiger partial charge on any atom is -0.475 e. The molecule has 5 heteroatoms. The number of nitrogens with one attached hydrogen (secondary N) is 2. The van der Waals surface area contributed by atoms with E-state index < -0.39 is 0 Å². The Morgan fingerprint density at radius 1 is 1.50 bits per heavy atom. The van der Waals surface area contributed by atoms with Gasteiger partial charge in [-0.15, -0.1) is 0 Å². The van der Waals surface area contributed by atoms with Gasteiger partial charge in [-0.2, -0.15) is 4.98 Å². The molecule has 2 heterocycles. The molecule has 0 fully saturated rings. The summed E-state index contributed by atoms with van der Waals surface area (Å²) in [6.45, 7) is 6.76. The van der Waals surface area contributed by atoms with E-state index in [2.05, 4.69) is 26.7 Å². The number of ether oxygens (including phenoxy) is 1. The van der Waals surface area contributed by atoms with Crippen molar-refractivity contribution in [2.45, 2.75) is 26.4 Å². The molecular formula is C13H20N4O. The van der Waals surface area contributed by atoms with Crippen molar-refractivity contribution in [1.29, 1.82) is 0 Å². The highest BCUT2D eigenvalue weighted by Crippen LogP contribution is 2.11. The number of anilines is 1. The van der Waals surface area contributed by atoms with Gasteiger partial charge in [0.1, 0.15) is 0 Å². The third-order valence-electron chi connectivity index (χ3n) is 2.62. The number of rotatable bonds is 5. The molecule has 1 aliphatic rings. The van der Waals surface area contributed by atoms with Crippen LogP contribution in [0.1, 0.15) is 20.3 Å². The van der Waals surface area contributed by atoms with Gasteiger partial charge in [-0.1, -0.05) is 11.6 Å². The maximum atomic E-state index is 5.53. The monoisotopic (exact) mass is 248 g/mol. The van der Waals surface area contributed by atoms with E-state index in [9.17, 15) is 0 Å². The van der Waals surface area contributed by atoms with Crippen molar-refractivity contribution in [3.05, 3.63) is 23.9 Å². The van der Waals surface area contributed by atoms with Crippen molar-refractivity contribution >= 4 is 5.95 Å². The summed E-state index contributed by atoms with van der Waals surface area (Å²) in [4.78, 5) is 8.50. The molecule has 0 amide bonds. The molecule has 18 heavy (non-hydrogen) atoms. The molecule has 0 radical (unpaired) electrons. The van der Waals surface area contributed by atoms with Gasteiger partial charge >= 0.3 is 0 Å². The first-order valence-corrected chi connectivity index (χ1v) is 6.36. The van der Waals surface area contributed by atoms with Gasteiger partial charge in [-0.25, -0.2) is 4.98 Å². The molecule has 0 saturated heterocycles. The summed E-state index contributed by atoms with van der Waals surface area (Å²) in [5.74, 6) is 1.23. The number of hydrogen-bond acceptors (Lipinski definition) is 5. The largest absolute Gasteiger partial charge is 0.475 e. The molecule has 1 aromatic rings. The van der Waals surface area contributed by atoms with E-state index in [4.69, 9.17) is 4.74 Å². The van der Waals surface area contributed by atoms with Crippen LogP contribution in [-0.2, 0) is 0 Å². The average Bonchev–Trinajstić information content (AvgIpc) is 2.37. The fourth-order valence-electron chi connectivity index (χ4n) is 1.76. The normalized spacial score (nSPS) is 15.4. The van der Waals surface area contributed by atoms with Gasteiger partial charge in [0.2, 0.25) is 11.8 Å². The van der Waals surface area contributed by atoms with Gasteiger partial charge in [0, 0.05) is 25.4 Å². The fourth-order valence-corrected chi connectivity index (χ4v) is 1.76. The Labute approximate surface area is 108 Å². The summed E-state index contributed by atoms with van der Waals surface area (Å²) in [6.07, 6.45) is 5.13. The third kappa shape index (κ3) is 4.00. The van der Waals surface area contributed by atoms with E-state index >= 15 is 0 Å². The van der Waals surface area contributed by atoms with Crippen molar-refractivity contribution in [1.82, 2.24) is 15.3 Å². The van der Waals surface area contributed by atoms with E-state index in [0.717, 1.165) is 26.1 Å². The second-order valence-electron chi connectivity index (χ2n) is 4.56. The maximum absolute atomic E-state index is 5.53. The van der Waals surface area contributed by atoms with Crippen molar-refractivity contribution in [2.75, 3.05) is 25.0 Å². The highest BCUT2D eigenvalue weighted by Gasteiger charge is 2.05. The molecule has 0 bridgehead atoms. The van der Waals surface area contributed by atoms with Crippen LogP contribution in [0.5, 0.6) is 5.88 Å². The smallest absolute Gasteiger partial charge is 0.226 e. The lowest BCUT2D eigenvalue weighted by atomic mass is 10.1. The van der Waals surface area contributed by atoms with Gasteiger partial charge in [0.25, 0.3) is 0 Å². The molecular weight excluding hydrogens is 228 g/mol. The Morgan fingerprint density at radius 3 is 3.11 bits per heavy atom. The van der Waals surface area contributed by atoms with E-state index in [1.54, 1.807) is 12.3 Å².